The molecular weight excluding hydrogens is 234 g/mol. The molecular formula is C13H19NO2S. The molecule has 2 unspecified atom stereocenters. The van der Waals surface area contributed by atoms with Gasteiger partial charge in [0.05, 0.1) is 0 Å². The first kappa shape index (κ1) is 14.1. The van der Waals surface area contributed by atoms with Crippen LogP contribution in [-0.4, -0.2) is 16.3 Å². The van der Waals surface area contributed by atoms with E-state index in [0.29, 0.717) is 6.42 Å². The topological polar surface area (TPSA) is 63.3 Å². The Morgan fingerprint density at radius 1 is 1.53 bits per heavy atom. The molecule has 0 spiro atoms. The van der Waals surface area contributed by atoms with Crippen molar-refractivity contribution in [2.75, 3.05) is 0 Å². The highest BCUT2D eigenvalue weighted by Crippen LogP contribution is 2.28. The summed E-state index contributed by atoms with van der Waals surface area (Å²) in [5.41, 5.74) is 6.84. The van der Waals surface area contributed by atoms with Gasteiger partial charge in [0.25, 0.3) is 0 Å². The number of aliphatic carboxylic acids is 1. The number of hydrogen-bond donors (Lipinski definition) is 2. The largest absolute Gasteiger partial charge is 0.480 e. The maximum atomic E-state index is 11.1. The van der Waals surface area contributed by atoms with Crippen molar-refractivity contribution in [3.8, 4) is 0 Å². The van der Waals surface area contributed by atoms with E-state index in [0.717, 1.165) is 16.9 Å². The Morgan fingerprint density at radius 2 is 2.24 bits per heavy atom. The molecule has 1 aromatic carbocycles. The minimum atomic E-state index is -0.747. The highest BCUT2D eigenvalue weighted by molar-refractivity contribution is 8.00. The Bertz CT molecular complexity index is 379. The Morgan fingerprint density at radius 3 is 2.76 bits per heavy atom. The maximum Gasteiger partial charge on any atom is 0.316 e. The van der Waals surface area contributed by atoms with E-state index in [2.05, 4.69) is 0 Å². The molecule has 4 heteroatoms. The predicted octanol–water partition coefficient (Wildman–Crippen LogP) is 3.05. The highest BCUT2D eigenvalue weighted by atomic mass is 32.2. The second-order valence-electron chi connectivity index (χ2n) is 4.09. The van der Waals surface area contributed by atoms with Crippen LogP contribution in [0.5, 0.6) is 0 Å². The van der Waals surface area contributed by atoms with Gasteiger partial charge >= 0.3 is 5.97 Å². The van der Waals surface area contributed by atoms with E-state index in [-0.39, 0.29) is 11.3 Å². The van der Waals surface area contributed by atoms with Crippen molar-refractivity contribution in [1.29, 1.82) is 0 Å². The third kappa shape index (κ3) is 4.40. The van der Waals surface area contributed by atoms with Crippen LogP contribution < -0.4 is 5.73 Å². The molecule has 0 saturated carbocycles. The number of nitrogens with two attached hydrogens (primary N) is 1. The minimum Gasteiger partial charge on any atom is -0.480 e. The zero-order chi connectivity index (χ0) is 12.8. The fraction of sp³-hybridized carbons (Fsp3) is 0.462. The third-order valence-electron chi connectivity index (χ3n) is 2.49. The first-order valence-corrected chi connectivity index (χ1v) is 6.67. The third-order valence-corrected chi connectivity index (χ3v) is 3.74. The maximum absolute atomic E-state index is 11.1. The quantitative estimate of drug-likeness (QED) is 0.765. The van der Waals surface area contributed by atoms with Gasteiger partial charge in [0.2, 0.25) is 0 Å². The average Bonchev–Trinajstić information content (AvgIpc) is 2.28. The van der Waals surface area contributed by atoms with Crippen LogP contribution in [0.2, 0.25) is 0 Å². The molecule has 94 valence electrons. The molecule has 17 heavy (non-hydrogen) atoms. The second kappa shape index (κ2) is 6.67. The summed E-state index contributed by atoms with van der Waals surface area (Å²) in [4.78, 5) is 12.0. The lowest BCUT2D eigenvalue weighted by Gasteiger charge is -2.12. The summed E-state index contributed by atoms with van der Waals surface area (Å²) in [5.74, 6) is -0.747. The van der Waals surface area contributed by atoms with Gasteiger partial charge in [0, 0.05) is 10.9 Å². The lowest BCUT2D eigenvalue weighted by atomic mass is 10.1. The van der Waals surface area contributed by atoms with Crippen LogP contribution in [0, 0.1) is 0 Å². The minimum absolute atomic E-state index is 0.0231. The van der Waals surface area contributed by atoms with Gasteiger partial charge in [-0.1, -0.05) is 25.5 Å². The van der Waals surface area contributed by atoms with E-state index in [9.17, 15) is 4.79 Å². The predicted molar refractivity (Wildman–Crippen MR) is 71.2 cm³/mol. The number of benzene rings is 1. The lowest BCUT2D eigenvalue weighted by molar-refractivity contribution is -0.136. The molecule has 3 nitrogen and oxygen atoms in total. The fourth-order valence-electron chi connectivity index (χ4n) is 1.53. The number of carboxylic acid groups (broad SMARTS) is 1. The van der Waals surface area contributed by atoms with Crippen molar-refractivity contribution < 1.29 is 9.90 Å². The van der Waals surface area contributed by atoms with Gasteiger partial charge in [-0.3, -0.25) is 4.79 Å². The Balaban J connectivity index is 2.78. The summed E-state index contributed by atoms with van der Waals surface area (Å²) in [6.07, 6.45) is 1.55. The van der Waals surface area contributed by atoms with E-state index in [1.807, 2.05) is 38.1 Å². The number of thioether (sulfide) groups is 1. The number of hydrogen-bond acceptors (Lipinski definition) is 3. The summed E-state index contributed by atoms with van der Waals surface area (Å²) in [6, 6.07) is 7.77. The summed E-state index contributed by atoms with van der Waals surface area (Å²) in [6.45, 7) is 3.92. The molecule has 0 saturated heterocycles. The molecule has 0 aliphatic heterocycles. The van der Waals surface area contributed by atoms with Gasteiger partial charge in [-0.05, 0) is 31.0 Å². The van der Waals surface area contributed by atoms with E-state index < -0.39 is 5.97 Å². The molecule has 2 atom stereocenters. The Hall–Kier alpha value is -1.00. The van der Waals surface area contributed by atoms with Crippen LogP contribution in [0.1, 0.15) is 38.3 Å². The molecule has 0 heterocycles. The molecule has 0 aliphatic carbocycles. The molecule has 0 aromatic heterocycles. The fourth-order valence-corrected chi connectivity index (χ4v) is 2.67. The molecule has 1 aromatic rings. The van der Waals surface area contributed by atoms with Gasteiger partial charge < -0.3 is 10.8 Å². The standard InChI is InChI=1S/C13H19NO2S/c1-3-5-12(13(15)16)17-11-7-4-6-10(8-11)9(2)14/h4,6-9,12H,3,5,14H2,1-2H3,(H,15,16). The molecule has 0 amide bonds. The van der Waals surface area contributed by atoms with Gasteiger partial charge in [-0.15, -0.1) is 11.8 Å². The van der Waals surface area contributed by atoms with Crippen LogP contribution in [0.3, 0.4) is 0 Å². The van der Waals surface area contributed by atoms with Gasteiger partial charge in [-0.2, -0.15) is 0 Å². The summed E-state index contributed by atoms with van der Waals surface area (Å²) < 4.78 is 0. The smallest absolute Gasteiger partial charge is 0.316 e. The normalized spacial score (nSPS) is 14.3. The molecule has 0 aliphatic rings. The number of carboxylic acids is 1. The molecule has 0 bridgehead atoms. The van der Waals surface area contributed by atoms with Gasteiger partial charge in [0.1, 0.15) is 5.25 Å². The summed E-state index contributed by atoms with van der Waals surface area (Å²) >= 11 is 1.40. The first-order valence-electron chi connectivity index (χ1n) is 5.79. The zero-order valence-electron chi connectivity index (χ0n) is 10.2. The second-order valence-corrected chi connectivity index (χ2v) is 5.37. The van der Waals surface area contributed by atoms with E-state index in [1.165, 1.54) is 11.8 Å². The lowest BCUT2D eigenvalue weighted by Crippen LogP contribution is -2.15. The molecule has 0 fully saturated rings. The highest BCUT2D eigenvalue weighted by Gasteiger charge is 2.17. The molecule has 0 radical (unpaired) electrons. The van der Waals surface area contributed by atoms with Crippen molar-refractivity contribution in [3.63, 3.8) is 0 Å². The van der Waals surface area contributed by atoms with Crippen LogP contribution in [0.15, 0.2) is 29.2 Å². The van der Waals surface area contributed by atoms with Crippen LogP contribution in [0.25, 0.3) is 0 Å². The van der Waals surface area contributed by atoms with E-state index >= 15 is 0 Å². The van der Waals surface area contributed by atoms with Gasteiger partial charge in [-0.25, -0.2) is 0 Å². The first-order chi connectivity index (χ1) is 8.04. The SMILES string of the molecule is CCCC(Sc1cccc(C(C)N)c1)C(=O)O. The van der Waals surface area contributed by atoms with Crippen molar-refractivity contribution in [2.24, 2.45) is 5.73 Å². The molecule has 3 N–H and O–H groups in total. The summed E-state index contributed by atoms with van der Waals surface area (Å²) in [7, 11) is 0. The average molecular weight is 253 g/mol. The number of rotatable bonds is 6. The number of carbonyl (C=O) groups is 1. The zero-order valence-corrected chi connectivity index (χ0v) is 11.0. The molecule has 1 rings (SSSR count). The van der Waals surface area contributed by atoms with Crippen LogP contribution in [0.4, 0.5) is 0 Å². The summed E-state index contributed by atoms with van der Waals surface area (Å²) in [5, 5.41) is 8.73. The van der Waals surface area contributed by atoms with E-state index in [1.54, 1.807) is 0 Å². The van der Waals surface area contributed by atoms with Crippen LogP contribution >= 0.6 is 11.8 Å². The van der Waals surface area contributed by atoms with Crippen molar-refractivity contribution in [2.45, 2.75) is 42.9 Å². The monoisotopic (exact) mass is 253 g/mol. The Kier molecular flexibility index (Phi) is 5.51. The van der Waals surface area contributed by atoms with Crippen molar-refractivity contribution in [1.82, 2.24) is 0 Å². The van der Waals surface area contributed by atoms with E-state index in [4.69, 9.17) is 10.8 Å². The van der Waals surface area contributed by atoms with Gasteiger partial charge in [0.15, 0.2) is 0 Å². The van der Waals surface area contributed by atoms with Crippen molar-refractivity contribution in [3.05, 3.63) is 29.8 Å². The van der Waals surface area contributed by atoms with Crippen molar-refractivity contribution >= 4 is 17.7 Å². The Labute approximate surface area is 106 Å². The van der Waals surface area contributed by atoms with Crippen LogP contribution in [-0.2, 0) is 4.79 Å².